The van der Waals surface area contributed by atoms with Crippen LogP contribution in [0.1, 0.15) is 44.2 Å². The van der Waals surface area contributed by atoms with Gasteiger partial charge in [0, 0.05) is 19.2 Å². The Labute approximate surface area is 125 Å². The van der Waals surface area contributed by atoms with Crippen molar-refractivity contribution in [1.82, 2.24) is 15.4 Å². The summed E-state index contributed by atoms with van der Waals surface area (Å²) in [5.41, 5.74) is 2.51. The Hall–Kier alpha value is -1.95. The number of carbonyl (C=O) groups excluding carboxylic acids is 2. The zero-order chi connectivity index (χ0) is 15.3. The van der Waals surface area contributed by atoms with Crippen LogP contribution >= 0.6 is 0 Å². The molecule has 0 saturated carbocycles. The van der Waals surface area contributed by atoms with Crippen molar-refractivity contribution in [3.05, 3.63) is 30.1 Å². The summed E-state index contributed by atoms with van der Waals surface area (Å²) in [6, 6.07) is 5.67. The normalized spacial score (nSPS) is 10.1. The molecule has 0 spiro atoms. The molecule has 2 amide bonds. The number of hydrogen-bond donors (Lipinski definition) is 2. The molecule has 1 heterocycles. The predicted molar refractivity (Wildman–Crippen MR) is 78.3 cm³/mol. The highest BCUT2D eigenvalue weighted by Gasteiger charge is 2.03. The minimum atomic E-state index is -0.336. The van der Waals surface area contributed by atoms with Crippen LogP contribution in [0.5, 0.6) is 0 Å². The lowest BCUT2D eigenvalue weighted by Gasteiger charge is -2.16. The Kier molecular flexibility index (Phi) is 8.79. The van der Waals surface area contributed by atoms with E-state index in [-0.39, 0.29) is 5.91 Å². The number of amides is 2. The third-order valence-corrected chi connectivity index (χ3v) is 3.21. The summed E-state index contributed by atoms with van der Waals surface area (Å²) in [4.78, 5) is 27.7. The van der Waals surface area contributed by atoms with Gasteiger partial charge in [0.2, 0.25) is 12.3 Å². The van der Waals surface area contributed by atoms with Crippen molar-refractivity contribution in [2.45, 2.75) is 45.1 Å². The van der Waals surface area contributed by atoms with Crippen molar-refractivity contribution >= 4 is 12.3 Å². The summed E-state index contributed by atoms with van der Waals surface area (Å²) < 4.78 is 0. The quantitative estimate of drug-likeness (QED) is 0.282. The van der Waals surface area contributed by atoms with Crippen molar-refractivity contribution in [1.29, 1.82) is 0 Å². The molecule has 6 heteroatoms. The third kappa shape index (κ3) is 8.04. The Morgan fingerprint density at radius 1 is 1.24 bits per heavy atom. The molecule has 1 aromatic heterocycles. The monoisotopic (exact) mass is 293 g/mol. The average Bonchev–Trinajstić information content (AvgIpc) is 2.53. The van der Waals surface area contributed by atoms with E-state index in [1.165, 1.54) is 0 Å². The van der Waals surface area contributed by atoms with Gasteiger partial charge in [-0.25, -0.2) is 5.48 Å². The molecule has 116 valence electrons. The van der Waals surface area contributed by atoms with Gasteiger partial charge in [-0.1, -0.05) is 25.3 Å². The largest absolute Gasteiger partial charge is 0.339 e. The van der Waals surface area contributed by atoms with E-state index in [2.05, 4.69) is 4.98 Å². The minimum absolute atomic E-state index is 0.336. The molecule has 1 rings (SSSR count). The van der Waals surface area contributed by atoms with Gasteiger partial charge in [0.25, 0.3) is 0 Å². The van der Waals surface area contributed by atoms with Crippen LogP contribution in [-0.4, -0.2) is 34.0 Å². The molecule has 0 saturated heterocycles. The standard InChI is InChI=1S/C15H23N3O3/c19-13-18(12-14-8-5-6-10-16-14)11-7-3-1-2-4-9-15(20)17-21/h5-6,8,10,13,21H,1-4,7,9,11-12H2,(H,17,20). The number of rotatable bonds is 11. The van der Waals surface area contributed by atoms with Crippen molar-refractivity contribution in [3.63, 3.8) is 0 Å². The molecule has 0 aliphatic heterocycles. The molecule has 6 nitrogen and oxygen atoms in total. The summed E-state index contributed by atoms with van der Waals surface area (Å²) in [6.07, 6.45) is 7.66. The first-order valence-electron chi connectivity index (χ1n) is 7.28. The van der Waals surface area contributed by atoms with Crippen LogP contribution < -0.4 is 5.48 Å². The first kappa shape index (κ1) is 17.1. The second-order valence-corrected chi connectivity index (χ2v) is 4.95. The molecule has 2 N–H and O–H groups in total. The fraction of sp³-hybridized carbons (Fsp3) is 0.533. The molecular formula is C15H23N3O3. The Morgan fingerprint density at radius 3 is 2.67 bits per heavy atom. The fourth-order valence-electron chi connectivity index (χ4n) is 2.06. The first-order chi connectivity index (χ1) is 10.3. The summed E-state index contributed by atoms with van der Waals surface area (Å²) in [5.74, 6) is -0.336. The maximum absolute atomic E-state index is 11.0. The SMILES string of the molecule is O=CN(CCCCCCCC(=O)NO)Cc1ccccn1. The van der Waals surface area contributed by atoms with Gasteiger partial charge in [-0.05, 0) is 25.0 Å². The van der Waals surface area contributed by atoms with Gasteiger partial charge in [0.15, 0.2) is 0 Å². The Bertz CT molecular complexity index is 412. The van der Waals surface area contributed by atoms with E-state index in [0.717, 1.165) is 50.8 Å². The van der Waals surface area contributed by atoms with Crippen LogP contribution in [-0.2, 0) is 16.1 Å². The molecule has 0 radical (unpaired) electrons. The van der Waals surface area contributed by atoms with E-state index in [9.17, 15) is 9.59 Å². The second-order valence-electron chi connectivity index (χ2n) is 4.95. The highest BCUT2D eigenvalue weighted by Crippen LogP contribution is 2.07. The zero-order valence-corrected chi connectivity index (χ0v) is 12.2. The zero-order valence-electron chi connectivity index (χ0n) is 12.2. The van der Waals surface area contributed by atoms with Gasteiger partial charge >= 0.3 is 0 Å². The number of carbonyl (C=O) groups is 2. The lowest BCUT2D eigenvalue weighted by molar-refractivity contribution is -0.129. The third-order valence-electron chi connectivity index (χ3n) is 3.21. The molecule has 21 heavy (non-hydrogen) atoms. The van der Waals surface area contributed by atoms with Crippen LogP contribution in [0.25, 0.3) is 0 Å². The number of hydrogen-bond acceptors (Lipinski definition) is 4. The lowest BCUT2D eigenvalue weighted by atomic mass is 10.1. The molecule has 0 bridgehead atoms. The highest BCUT2D eigenvalue weighted by molar-refractivity contribution is 5.74. The molecule has 0 atom stereocenters. The average molecular weight is 293 g/mol. The van der Waals surface area contributed by atoms with Gasteiger partial charge in [-0.15, -0.1) is 0 Å². The van der Waals surface area contributed by atoms with Crippen molar-refractivity contribution in [2.24, 2.45) is 0 Å². The number of aromatic nitrogens is 1. The van der Waals surface area contributed by atoms with Crippen molar-refractivity contribution in [3.8, 4) is 0 Å². The van der Waals surface area contributed by atoms with Crippen LogP contribution in [0, 0.1) is 0 Å². The molecular weight excluding hydrogens is 270 g/mol. The van der Waals surface area contributed by atoms with E-state index in [1.54, 1.807) is 16.6 Å². The summed E-state index contributed by atoms with van der Waals surface area (Å²) in [7, 11) is 0. The number of pyridine rings is 1. The molecule has 0 unspecified atom stereocenters. The van der Waals surface area contributed by atoms with Crippen LogP contribution in [0.4, 0.5) is 0 Å². The summed E-state index contributed by atoms with van der Waals surface area (Å²) in [5, 5.41) is 8.34. The Morgan fingerprint density at radius 2 is 2.00 bits per heavy atom. The fourth-order valence-corrected chi connectivity index (χ4v) is 2.06. The number of unbranched alkanes of at least 4 members (excludes halogenated alkanes) is 4. The van der Waals surface area contributed by atoms with Crippen LogP contribution in [0.15, 0.2) is 24.4 Å². The van der Waals surface area contributed by atoms with Gasteiger partial charge in [0.1, 0.15) is 0 Å². The maximum atomic E-state index is 11.0. The smallest absolute Gasteiger partial charge is 0.243 e. The molecule has 0 aromatic carbocycles. The van der Waals surface area contributed by atoms with E-state index in [1.807, 2.05) is 18.2 Å². The van der Waals surface area contributed by atoms with E-state index >= 15 is 0 Å². The van der Waals surface area contributed by atoms with E-state index < -0.39 is 0 Å². The summed E-state index contributed by atoms with van der Waals surface area (Å²) >= 11 is 0. The van der Waals surface area contributed by atoms with Gasteiger partial charge in [-0.2, -0.15) is 0 Å². The minimum Gasteiger partial charge on any atom is -0.339 e. The molecule has 0 aliphatic rings. The lowest BCUT2D eigenvalue weighted by Crippen LogP contribution is -2.23. The maximum Gasteiger partial charge on any atom is 0.243 e. The topological polar surface area (TPSA) is 82.5 Å². The number of hydroxylamine groups is 1. The highest BCUT2D eigenvalue weighted by atomic mass is 16.5. The molecule has 1 aromatic rings. The van der Waals surface area contributed by atoms with Gasteiger partial charge in [-0.3, -0.25) is 19.8 Å². The number of nitrogens with one attached hydrogen (secondary N) is 1. The van der Waals surface area contributed by atoms with E-state index in [0.29, 0.717) is 13.0 Å². The second kappa shape index (κ2) is 10.8. The number of nitrogens with zero attached hydrogens (tertiary/aromatic N) is 2. The van der Waals surface area contributed by atoms with Crippen molar-refractivity contribution < 1.29 is 14.8 Å². The first-order valence-corrected chi connectivity index (χ1v) is 7.28. The van der Waals surface area contributed by atoms with E-state index in [4.69, 9.17) is 5.21 Å². The van der Waals surface area contributed by atoms with Crippen LogP contribution in [0.3, 0.4) is 0 Å². The molecule has 0 aliphatic carbocycles. The summed E-state index contributed by atoms with van der Waals surface area (Å²) in [6.45, 7) is 1.26. The predicted octanol–water partition coefficient (Wildman–Crippen LogP) is 1.89. The Balaban J connectivity index is 2.07. The van der Waals surface area contributed by atoms with Gasteiger partial charge in [0.05, 0.1) is 12.2 Å². The van der Waals surface area contributed by atoms with Gasteiger partial charge < -0.3 is 4.90 Å². The van der Waals surface area contributed by atoms with Crippen LogP contribution in [0.2, 0.25) is 0 Å². The molecule has 0 fully saturated rings. The van der Waals surface area contributed by atoms with Crippen molar-refractivity contribution in [2.75, 3.05) is 6.54 Å².